The molecule has 0 aliphatic carbocycles. The summed E-state index contributed by atoms with van der Waals surface area (Å²) in [5.74, 6) is 0.0602. The maximum atomic E-state index is 12.7. The van der Waals surface area contributed by atoms with Gasteiger partial charge in [0, 0.05) is 25.9 Å². The number of piperidine rings is 1. The summed E-state index contributed by atoms with van der Waals surface area (Å²) in [4.78, 5) is 27.1. The van der Waals surface area contributed by atoms with Crippen LogP contribution < -0.4 is 0 Å². The highest BCUT2D eigenvalue weighted by atomic mass is 16.6. The van der Waals surface area contributed by atoms with Gasteiger partial charge in [-0.05, 0) is 45.4 Å². The zero-order chi connectivity index (χ0) is 20.9. The maximum absolute atomic E-state index is 12.7. The van der Waals surface area contributed by atoms with Crippen LogP contribution in [0.5, 0.6) is 0 Å². The van der Waals surface area contributed by atoms with Gasteiger partial charge in [-0.3, -0.25) is 4.79 Å². The maximum Gasteiger partial charge on any atom is 0.410 e. The lowest BCUT2D eigenvalue weighted by atomic mass is 9.80. The van der Waals surface area contributed by atoms with Crippen LogP contribution in [-0.4, -0.2) is 41.3 Å². The van der Waals surface area contributed by atoms with Crippen molar-refractivity contribution in [2.45, 2.75) is 105 Å². The van der Waals surface area contributed by atoms with Gasteiger partial charge in [-0.25, -0.2) is 4.79 Å². The molecule has 158 valence electrons. The fraction of sp³-hybridized carbons (Fsp3) is 0.909. The summed E-state index contributed by atoms with van der Waals surface area (Å²) in [6.07, 6.45) is 4.27. The van der Waals surface area contributed by atoms with E-state index in [1.54, 1.807) is 4.90 Å². The number of hydrogen-bond donors (Lipinski definition) is 0. The summed E-state index contributed by atoms with van der Waals surface area (Å²) in [6, 6.07) is 0. The minimum Gasteiger partial charge on any atom is -0.458 e. The van der Waals surface area contributed by atoms with E-state index in [1.807, 2.05) is 20.8 Å². The molecule has 0 radical (unpaired) electrons. The van der Waals surface area contributed by atoms with Crippen molar-refractivity contribution >= 4 is 12.1 Å². The Morgan fingerprint density at radius 3 is 1.81 bits per heavy atom. The van der Waals surface area contributed by atoms with Crippen LogP contribution in [0.4, 0.5) is 4.79 Å². The molecule has 0 aromatic heterocycles. The fourth-order valence-corrected chi connectivity index (χ4v) is 3.55. The molecule has 1 rings (SSSR count). The molecule has 0 bridgehead atoms. The molecular weight excluding hydrogens is 342 g/mol. The first-order valence-electron chi connectivity index (χ1n) is 10.7. The van der Waals surface area contributed by atoms with Crippen LogP contribution in [0.3, 0.4) is 0 Å². The highest BCUT2D eigenvalue weighted by Gasteiger charge is 2.45. The Hall–Kier alpha value is -1.26. The van der Waals surface area contributed by atoms with E-state index in [2.05, 4.69) is 34.6 Å². The van der Waals surface area contributed by atoms with Crippen LogP contribution in [0.15, 0.2) is 0 Å². The third-order valence-corrected chi connectivity index (χ3v) is 6.89. The largest absolute Gasteiger partial charge is 0.458 e. The van der Waals surface area contributed by atoms with Crippen molar-refractivity contribution in [1.29, 1.82) is 0 Å². The van der Waals surface area contributed by atoms with E-state index in [4.69, 9.17) is 9.47 Å². The Kier molecular flexibility index (Phi) is 8.18. The van der Waals surface area contributed by atoms with Crippen LogP contribution in [0.1, 0.15) is 93.9 Å². The number of carbonyl (C=O) groups excluding carboxylic acids is 2. The number of amides is 1. The third-order valence-electron chi connectivity index (χ3n) is 6.89. The quantitative estimate of drug-likeness (QED) is 0.515. The second-order valence-electron chi connectivity index (χ2n) is 8.95. The fourth-order valence-electron chi connectivity index (χ4n) is 3.55. The van der Waals surface area contributed by atoms with Crippen LogP contribution in [-0.2, 0) is 14.3 Å². The minimum absolute atomic E-state index is 0.142. The van der Waals surface area contributed by atoms with Crippen LogP contribution in [0.2, 0.25) is 0 Å². The molecule has 1 aliphatic heterocycles. The molecule has 0 N–H and O–H groups in total. The lowest BCUT2D eigenvalue weighted by Gasteiger charge is -2.45. The van der Waals surface area contributed by atoms with Gasteiger partial charge in [-0.2, -0.15) is 0 Å². The number of rotatable bonds is 8. The smallest absolute Gasteiger partial charge is 0.410 e. The summed E-state index contributed by atoms with van der Waals surface area (Å²) in [5, 5.41) is 0. The van der Waals surface area contributed by atoms with E-state index in [1.165, 1.54) is 0 Å². The second kappa shape index (κ2) is 9.29. The SMILES string of the molecule is CCC(CC)(CC)OC(=O)N1CCC(OC(=O)C(C)(C)CC)(C(C)C)CC1. The molecule has 0 atom stereocenters. The normalized spacial score (nSPS) is 17.7. The Labute approximate surface area is 166 Å². The predicted molar refractivity (Wildman–Crippen MR) is 109 cm³/mol. The molecule has 1 aliphatic rings. The summed E-state index contributed by atoms with van der Waals surface area (Å²) >= 11 is 0. The molecular formula is C22H41NO4. The van der Waals surface area contributed by atoms with Crippen molar-refractivity contribution in [3.05, 3.63) is 0 Å². The highest BCUT2D eigenvalue weighted by Crippen LogP contribution is 2.37. The van der Waals surface area contributed by atoms with Gasteiger partial charge < -0.3 is 14.4 Å². The van der Waals surface area contributed by atoms with E-state index < -0.39 is 11.0 Å². The van der Waals surface area contributed by atoms with Gasteiger partial charge in [-0.1, -0.05) is 41.5 Å². The number of likely N-dealkylation sites (tertiary alicyclic amines) is 1. The molecule has 27 heavy (non-hydrogen) atoms. The predicted octanol–water partition coefficient (Wildman–Crippen LogP) is 5.56. The Balaban J connectivity index is 2.81. The lowest BCUT2D eigenvalue weighted by Crippen LogP contribution is -2.53. The zero-order valence-electron chi connectivity index (χ0n) is 18.8. The number of carbonyl (C=O) groups is 2. The van der Waals surface area contributed by atoms with Crippen LogP contribution in [0, 0.1) is 11.3 Å². The molecule has 0 aromatic rings. The van der Waals surface area contributed by atoms with E-state index >= 15 is 0 Å². The molecule has 1 amide bonds. The van der Waals surface area contributed by atoms with Gasteiger partial charge >= 0.3 is 12.1 Å². The van der Waals surface area contributed by atoms with Gasteiger partial charge in [0.15, 0.2) is 0 Å². The number of hydrogen-bond acceptors (Lipinski definition) is 4. The van der Waals surface area contributed by atoms with Gasteiger partial charge in [0.2, 0.25) is 0 Å². The summed E-state index contributed by atoms with van der Waals surface area (Å²) in [5.41, 5.74) is -1.36. The topological polar surface area (TPSA) is 55.8 Å². The van der Waals surface area contributed by atoms with Gasteiger partial charge in [0.25, 0.3) is 0 Å². The van der Waals surface area contributed by atoms with Crippen molar-refractivity contribution < 1.29 is 19.1 Å². The highest BCUT2D eigenvalue weighted by molar-refractivity contribution is 5.76. The number of nitrogens with zero attached hydrogens (tertiary/aromatic N) is 1. The van der Waals surface area contributed by atoms with Gasteiger partial charge in [0.05, 0.1) is 5.41 Å². The van der Waals surface area contributed by atoms with Crippen molar-refractivity contribution in [2.75, 3.05) is 13.1 Å². The molecule has 1 heterocycles. The second-order valence-corrected chi connectivity index (χ2v) is 8.95. The molecule has 0 aromatic carbocycles. The average molecular weight is 384 g/mol. The Morgan fingerprint density at radius 1 is 0.963 bits per heavy atom. The third kappa shape index (κ3) is 5.39. The lowest BCUT2D eigenvalue weighted by molar-refractivity contribution is -0.182. The standard InChI is InChI=1S/C22H41NO4/c1-9-20(7,8)18(24)26-22(17(5)6)13-15-23(16-14-22)19(25)27-21(10-2,11-3)12-4/h17H,9-16H2,1-8H3. The van der Waals surface area contributed by atoms with E-state index in [0.717, 1.165) is 25.7 Å². The zero-order valence-corrected chi connectivity index (χ0v) is 18.8. The molecule has 1 fully saturated rings. The van der Waals surface area contributed by atoms with E-state index in [0.29, 0.717) is 25.9 Å². The first-order valence-corrected chi connectivity index (χ1v) is 10.7. The summed E-state index contributed by atoms with van der Waals surface area (Å²) in [6.45, 7) is 17.4. The molecule has 0 unspecified atom stereocenters. The van der Waals surface area contributed by atoms with Gasteiger partial charge in [0.1, 0.15) is 11.2 Å². The minimum atomic E-state index is -0.502. The van der Waals surface area contributed by atoms with E-state index in [9.17, 15) is 9.59 Å². The monoisotopic (exact) mass is 383 g/mol. The van der Waals surface area contributed by atoms with Crippen molar-refractivity contribution in [3.8, 4) is 0 Å². The van der Waals surface area contributed by atoms with E-state index in [-0.39, 0.29) is 23.6 Å². The van der Waals surface area contributed by atoms with Crippen LogP contribution >= 0.6 is 0 Å². The Morgan fingerprint density at radius 2 is 1.44 bits per heavy atom. The summed E-state index contributed by atoms with van der Waals surface area (Å²) in [7, 11) is 0. The summed E-state index contributed by atoms with van der Waals surface area (Å²) < 4.78 is 12.0. The van der Waals surface area contributed by atoms with Crippen molar-refractivity contribution in [1.82, 2.24) is 4.90 Å². The van der Waals surface area contributed by atoms with Gasteiger partial charge in [-0.15, -0.1) is 0 Å². The number of esters is 1. The average Bonchev–Trinajstić information content (AvgIpc) is 2.66. The number of ether oxygens (including phenoxy) is 2. The molecule has 0 saturated carbocycles. The van der Waals surface area contributed by atoms with Crippen molar-refractivity contribution in [3.63, 3.8) is 0 Å². The van der Waals surface area contributed by atoms with Crippen molar-refractivity contribution in [2.24, 2.45) is 11.3 Å². The first-order chi connectivity index (χ1) is 12.5. The molecule has 1 saturated heterocycles. The van der Waals surface area contributed by atoms with Crippen LogP contribution in [0.25, 0.3) is 0 Å². The first kappa shape index (κ1) is 23.8. The molecule has 0 spiro atoms. The Bertz CT molecular complexity index is 492. The molecule has 5 nitrogen and oxygen atoms in total. The molecule has 5 heteroatoms.